The number of fused-ring (bicyclic) bond motifs is 1. The Morgan fingerprint density at radius 1 is 1.20 bits per heavy atom. The van der Waals surface area contributed by atoms with Gasteiger partial charge in [0.25, 0.3) is 0 Å². The molecule has 0 saturated heterocycles. The van der Waals surface area contributed by atoms with Gasteiger partial charge in [-0.05, 0) is 54.3 Å². The topological polar surface area (TPSA) is 64.6 Å². The molecular formula is C20H21NO4. The second-order valence-corrected chi connectivity index (χ2v) is 6.22. The first-order valence-corrected chi connectivity index (χ1v) is 8.22. The van der Waals surface area contributed by atoms with Crippen molar-refractivity contribution in [2.24, 2.45) is 0 Å². The average molecular weight is 339 g/mol. The fraction of sp³-hybridized carbons (Fsp3) is 0.300. The first kappa shape index (κ1) is 17.0. The highest BCUT2D eigenvalue weighted by atomic mass is 16.5. The number of methoxy groups -OCH3 is 1. The Hall–Kier alpha value is -2.82. The van der Waals surface area contributed by atoms with Crippen molar-refractivity contribution in [3.05, 3.63) is 58.1 Å². The highest BCUT2D eigenvalue weighted by Gasteiger charge is 2.15. The number of aryl methyl sites for hydroxylation is 1. The van der Waals surface area contributed by atoms with Crippen molar-refractivity contribution in [1.82, 2.24) is 0 Å². The number of carbonyl (C=O) groups is 2. The smallest absolute Gasteiger partial charge is 0.338 e. The van der Waals surface area contributed by atoms with E-state index < -0.39 is 5.97 Å². The summed E-state index contributed by atoms with van der Waals surface area (Å²) in [5.41, 5.74) is 4.92. The minimum Gasteiger partial charge on any atom is -0.493 e. The van der Waals surface area contributed by atoms with E-state index in [1.165, 1.54) is 7.11 Å². The number of hydrogen-bond donors (Lipinski definition) is 1. The van der Waals surface area contributed by atoms with Crippen LogP contribution >= 0.6 is 0 Å². The molecule has 25 heavy (non-hydrogen) atoms. The molecule has 0 radical (unpaired) electrons. The summed E-state index contributed by atoms with van der Waals surface area (Å²) in [4.78, 5) is 24.2. The van der Waals surface area contributed by atoms with Crippen LogP contribution in [0.15, 0.2) is 30.3 Å². The van der Waals surface area contributed by atoms with Crippen LogP contribution in [-0.2, 0) is 22.4 Å². The summed E-state index contributed by atoms with van der Waals surface area (Å²) in [7, 11) is 1.35. The first-order valence-electron chi connectivity index (χ1n) is 8.22. The third-order valence-electron chi connectivity index (χ3n) is 4.47. The molecule has 0 aliphatic carbocycles. The van der Waals surface area contributed by atoms with E-state index in [9.17, 15) is 9.59 Å². The number of rotatable bonds is 4. The van der Waals surface area contributed by atoms with Gasteiger partial charge in [-0.3, -0.25) is 4.79 Å². The molecule has 0 unspecified atom stereocenters. The van der Waals surface area contributed by atoms with Crippen LogP contribution in [0.5, 0.6) is 5.75 Å². The lowest BCUT2D eigenvalue weighted by Crippen LogP contribution is -2.16. The predicted octanol–water partition coefficient (Wildman–Crippen LogP) is 3.21. The van der Waals surface area contributed by atoms with E-state index >= 15 is 0 Å². The largest absolute Gasteiger partial charge is 0.493 e. The van der Waals surface area contributed by atoms with Gasteiger partial charge < -0.3 is 14.8 Å². The van der Waals surface area contributed by atoms with E-state index in [-0.39, 0.29) is 12.3 Å². The van der Waals surface area contributed by atoms with Crippen molar-refractivity contribution < 1.29 is 19.1 Å². The van der Waals surface area contributed by atoms with Crippen LogP contribution in [0.1, 0.15) is 32.6 Å². The lowest BCUT2D eigenvalue weighted by molar-refractivity contribution is -0.115. The van der Waals surface area contributed by atoms with Gasteiger partial charge in [0.1, 0.15) is 5.75 Å². The summed E-state index contributed by atoms with van der Waals surface area (Å²) in [5, 5.41) is 2.87. The number of anilines is 1. The molecule has 1 heterocycles. The van der Waals surface area contributed by atoms with Crippen molar-refractivity contribution >= 4 is 17.6 Å². The SMILES string of the molecule is COC(=O)c1cc(NC(=O)Cc2ccc3c(c2)CCO3)cc(C)c1C. The molecule has 1 aliphatic rings. The van der Waals surface area contributed by atoms with Crippen molar-refractivity contribution in [3.63, 3.8) is 0 Å². The van der Waals surface area contributed by atoms with Crippen LogP contribution in [0, 0.1) is 13.8 Å². The molecule has 0 atom stereocenters. The zero-order valence-corrected chi connectivity index (χ0v) is 14.6. The highest BCUT2D eigenvalue weighted by molar-refractivity contribution is 5.96. The third kappa shape index (κ3) is 3.65. The third-order valence-corrected chi connectivity index (χ3v) is 4.47. The van der Waals surface area contributed by atoms with Gasteiger partial charge in [0.2, 0.25) is 5.91 Å². The maximum absolute atomic E-state index is 12.4. The molecule has 0 saturated carbocycles. The van der Waals surface area contributed by atoms with E-state index in [0.29, 0.717) is 17.9 Å². The van der Waals surface area contributed by atoms with Crippen molar-refractivity contribution in [2.45, 2.75) is 26.7 Å². The Morgan fingerprint density at radius 2 is 2.00 bits per heavy atom. The number of hydrogen-bond acceptors (Lipinski definition) is 4. The normalized spacial score (nSPS) is 12.3. The summed E-state index contributed by atoms with van der Waals surface area (Å²) in [6, 6.07) is 9.35. The summed E-state index contributed by atoms with van der Waals surface area (Å²) < 4.78 is 10.3. The fourth-order valence-corrected chi connectivity index (χ4v) is 2.99. The van der Waals surface area contributed by atoms with Gasteiger partial charge in [0.15, 0.2) is 0 Å². The van der Waals surface area contributed by atoms with Gasteiger partial charge in [0.05, 0.1) is 25.7 Å². The van der Waals surface area contributed by atoms with Crippen LogP contribution in [-0.4, -0.2) is 25.6 Å². The Balaban J connectivity index is 1.74. The maximum Gasteiger partial charge on any atom is 0.338 e. The fourth-order valence-electron chi connectivity index (χ4n) is 2.99. The maximum atomic E-state index is 12.4. The molecule has 1 N–H and O–H groups in total. The molecule has 130 valence electrons. The van der Waals surface area contributed by atoms with E-state index in [1.807, 2.05) is 38.1 Å². The Bertz CT molecular complexity index is 842. The lowest BCUT2D eigenvalue weighted by atomic mass is 10.0. The second kappa shape index (κ2) is 6.97. The average Bonchev–Trinajstić information content (AvgIpc) is 3.04. The minimum absolute atomic E-state index is 0.127. The predicted molar refractivity (Wildman–Crippen MR) is 95.2 cm³/mol. The number of amides is 1. The zero-order chi connectivity index (χ0) is 18.0. The standard InChI is InChI=1S/C20H21NO4/c1-12-8-16(11-17(13(12)2)20(23)24-3)21-19(22)10-14-4-5-18-15(9-14)6-7-25-18/h4-5,8-9,11H,6-7,10H2,1-3H3,(H,21,22). The Morgan fingerprint density at radius 3 is 2.76 bits per heavy atom. The van der Waals surface area contributed by atoms with Gasteiger partial charge >= 0.3 is 5.97 Å². The second-order valence-electron chi connectivity index (χ2n) is 6.22. The monoisotopic (exact) mass is 339 g/mol. The van der Waals surface area contributed by atoms with Crippen molar-refractivity contribution in [3.8, 4) is 5.75 Å². The van der Waals surface area contributed by atoms with Crippen LogP contribution < -0.4 is 10.1 Å². The highest BCUT2D eigenvalue weighted by Crippen LogP contribution is 2.26. The number of benzene rings is 2. The van der Waals surface area contributed by atoms with Gasteiger partial charge in [-0.15, -0.1) is 0 Å². The molecule has 0 fully saturated rings. The van der Waals surface area contributed by atoms with Crippen molar-refractivity contribution in [2.75, 3.05) is 19.0 Å². The Kier molecular flexibility index (Phi) is 4.74. The summed E-state index contributed by atoms with van der Waals surface area (Å²) in [6.07, 6.45) is 1.15. The van der Waals surface area contributed by atoms with Crippen LogP contribution in [0.3, 0.4) is 0 Å². The van der Waals surface area contributed by atoms with Crippen LogP contribution in [0.2, 0.25) is 0 Å². The molecule has 2 aromatic carbocycles. The summed E-state index contributed by atoms with van der Waals surface area (Å²) in [6.45, 7) is 4.46. The van der Waals surface area contributed by atoms with Crippen LogP contribution in [0.25, 0.3) is 0 Å². The van der Waals surface area contributed by atoms with Gasteiger partial charge in [0, 0.05) is 12.1 Å². The zero-order valence-electron chi connectivity index (χ0n) is 14.6. The number of esters is 1. The van der Waals surface area contributed by atoms with Crippen molar-refractivity contribution in [1.29, 1.82) is 0 Å². The number of ether oxygens (including phenoxy) is 2. The molecule has 5 nitrogen and oxygen atoms in total. The van der Waals surface area contributed by atoms with Crippen LogP contribution in [0.4, 0.5) is 5.69 Å². The van der Waals surface area contributed by atoms with E-state index in [1.54, 1.807) is 6.07 Å². The molecule has 0 bridgehead atoms. The number of carbonyl (C=O) groups excluding carboxylic acids is 2. The van der Waals surface area contributed by atoms with E-state index in [4.69, 9.17) is 9.47 Å². The molecule has 1 amide bonds. The van der Waals surface area contributed by atoms with E-state index in [0.717, 1.165) is 34.4 Å². The van der Waals surface area contributed by atoms with Gasteiger partial charge in [-0.25, -0.2) is 4.79 Å². The van der Waals surface area contributed by atoms with E-state index in [2.05, 4.69) is 5.32 Å². The molecule has 3 rings (SSSR count). The molecule has 1 aliphatic heterocycles. The summed E-state index contributed by atoms with van der Waals surface area (Å²) in [5.74, 6) is 0.370. The quantitative estimate of drug-likeness (QED) is 0.869. The van der Waals surface area contributed by atoms with Gasteiger partial charge in [-0.2, -0.15) is 0 Å². The molecule has 0 aromatic heterocycles. The summed E-state index contributed by atoms with van der Waals surface area (Å²) >= 11 is 0. The molecule has 5 heteroatoms. The molecule has 2 aromatic rings. The Labute approximate surface area is 147 Å². The lowest BCUT2D eigenvalue weighted by Gasteiger charge is -2.12. The number of nitrogens with one attached hydrogen (secondary N) is 1. The molecule has 0 spiro atoms. The minimum atomic E-state index is -0.407. The van der Waals surface area contributed by atoms with Gasteiger partial charge in [-0.1, -0.05) is 12.1 Å². The first-order chi connectivity index (χ1) is 12.0. The molecular weight excluding hydrogens is 318 g/mol.